The van der Waals surface area contributed by atoms with Crippen molar-refractivity contribution in [2.75, 3.05) is 17.7 Å². The molecule has 152 valence electrons. The molecule has 28 heavy (non-hydrogen) atoms. The van der Waals surface area contributed by atoms with Gasteiger partial charge >= 0.3 is 5.97 Å². The van der Waals surface area contributed by atoms with Crippen molar-refractivity contribution < 1.29 is 22.7 Å². The van der Waals surface area contributed by atoms with Crippen LogP contribution in [0, 0.1) is 0 Å². The Morgan fingerprint density at radius 2 is 2.04 bits per heavy atom. The van der Waals surface area contributed by atoms with Gasteiger partial charge in [-0.2, -0.15) is 0 Å². The van der Waals surface area contributed by atoms with Gasteiger partial charge in [0.1, 0.15) is 0 Å². The monoisotopic (exact) mass is 444 g/mol. The number of aromatic nitrogens is 2. The highest BCUT2D eigenvalue weighted by Gasteiger charge is 2.18. The van der Waals surface area contributed by atoms with E-state index < -0.39 is 15.9 Å². The summed E-state index contributed by atoms with van der Waals surface area (Å²) in [5, 5.41) is 10.5. The van der Waals surface area contributed by atoms with Crippen LogP contribution in [0.5, 0.6) is 0 Å². The van der Waals surface area contributed by atoms with Gasteiger partial charge in [0.05, 0.1) is 17.3 Å². The fourth-order valence-electron chi connectivity index (χ4n) is 1.99. The second-order valence-corrected chi connectivity index (χ2v) is 9.64. The van der Waals surface area contributed by atoms with Crippen molar-refractivity contribution in [3.05, 3.63) is 29.8 Å². The van der Waals surface area contributed by atoms with Crippen molar-refractivity contribution in [1.29, 1.82) is 0 Å². The van der Waals surface area contributed by atoms with Gasteiger partial charge in [-0.3, -0.25) is 14.9 Å². The summed E-state index contributed by atoms with van der Waals surface area (Å²) in [7, 11) is -3.71. The molecule has 1 heterocycles. The van der Waals surface area contributed by atoms with Gasteiger partial charge < -0.3 is 4.74 Å². The molecule has 1 aromatic heterocycles. The van der Waals surface area contributed by atoms with Crippen LogP contribution in [-0.4, -0.2) is 48.9 Å². The first-order chi connectivity index (χ1) is 13.2. The molecule has 2 aromatic rings. The molecule has 0 aliphatic heterocycles. The minimum absolute atomic E-state index is 0.00297. The average molecular weight is 445 g/mol. The van der Waals surface area contributed by atoms with Gasteiger partial charge in [0, 0.05) is 11.6 Å². The van der Waals surface area contributed by atoms with E-state index in [0.717, 1.165) is 23.1 Å². The number of hydrogen-bond donors (Lipinski definition) is 2. The highest BCUT2D eigenvalue weighted by Crippen LogP contribution is 2.26. The van der Waals surface area contributed by atoms with Crippen molar-refractivity contribution in [2.24, 2.45) is 0 Å². The Morgan fingerprint density at radius 3 is 2.71 bits per heavy atom. The molecule has 0 fully saturated rings. The summed E-state index contributed by atoms with van der Waals surface area (Å²) >= 11 is 2.26. The summed E-state index contributed by atoms with van der Waals surface area (Å²) < 4.78 is 32.3. The summed E-state index contributed by atoms with van der Waals surface area (Å²) in [6, 6.07) is 5.43. The Hall–Kier alpha value is -2.02. The third-order valence-corrected chi connectivity index (χ3v) is 6.64. The van der Waals surface area contributed by atoms with Gasteiger partial charge in [0.2, 0.25) is 15.2 Å². The summed E-state index contributed by atoms with van der Waals surface area (Å²) in [6.07, 6.45) is 0. The zero-order valence-electron chi connectivity index (χ0n) is 15.5. The van der Waals surface area contributed by atoms with Crippen LogP contribution >= 0.6 is 23.1 Å². The maximum atomic E-state index is 12.4. The van der Waals surface area contributed by atoms with Crippen LogP contribution in [0.3, 0.4) is 0 Å². The molecule has 12 heteroatoms. The third kappa shape index (κ3) is 6.55. The minimum atomic E-state index is -3.71. The van der Waals surface area contributed by atoms with Gasteiger partial charge in [-0.05, 0) is 39.0 Å². The molecule has 2 N–H and O–H groups in total. The Kier molecular flexibility index (Phi) is 7.92. The number of amides is 1. The number of ether oxygens (including phenoxy) is 1. The first-order valence-electron chi connectivity index (χ1n) is 8.27. The SMILES string of the molecule is CCOC(=O)CSc1nnc(NC(=O)c2cccc(S(=O)(=O)NC(C)C)c2)s1. The number of hydrogen-bond acceptors (Lipinski definition) is 9. The first kappa shape index (κ1) is 22.3. The van der Waals surface area contributed by atoms with E-state index in [0.29, 0.717) is 10.9 Å². The van der Waals surface area contributed by atoms with E-state index in [1.807, 2.05) is 0 Å². The maximum Gasteiger partial charge on any atom is 0.316 e. The van der Waals surface area contributed by atoms with Crippen LogP contribution in [0.15, 0.2) is 33.5 Å². The molecule has 1 aromatic carbocycles. The smallest absolute Gasteiger partial charge is 0.316 e. The van der Waals surface area contributed by atoms with E-state index in [2.05, 4.69) is 20.2 Å². The molecule has 0 saturated heterocycles. The number of sulfonamides is 1. The van der Waals surface area contributed by atoms with E-state index in [4.69, 9.17) is 4.74 Å². The molecule has 9 nitrogen and oxygen atoms in total. The van der Waals surface area contributed by atoms with Gasteiger partial charge in [-0.15, -0.1) is 10.2 Å². The van der Waals surface area contributed by atoms with Crippen molar-refractivity contribution in [3.8, 4) is 0 Å². The molecule has 2 rings (SSSR count). The Bertz CT molecular complexity index is 943. The quantitative estimate of drug-likeness (QED) is 0.342. The fraction of sp³-hybridized carbons (Fsp3) is 0.375. The molecular formula is C16H20N4O5S3. The maximum absolute atomic E-state index is 12.4. The highest BCUT2D eigenvalue weighted by atomic mass is 32.2. The number of carbonyl (C=O) groups excluding carboxylic acids is 2. The van der Waals surface area contributed by atoms with E-state index in [1.165, 1.54) is 24.3 Å². The van der Waals surface area contributed by atoms with Gasteiger partial charge in [-0.25, -0.2) is 13.1 Å². The van der Waals surface area contributed by atoms with E-state index in [9.17, 15) is 18.0 Å². The van der Waals surface area contributed by atoms with Gasteiger partial charge in [-0.1, -0.05) is 29.2 Å². The molecule has 0 saturated carbocycles. The van der Waals surface area contributed by atoms with Crippen LogP contribution in [0.4, 0.5) is 5.13 Å². The topological polar surface area (TPSA) is 127 Å². The summed E-state index contributed by atoms with van der Waals surface area (Å²) in [5.41, 5.74) is 0.169. The summed E-state index contributed by atoms with van der Waals surface area (Å²) in [5.74, 6) is -0.778. The lowest BCUT2D eigenvalue weighted by molar-refractivity contribution is -0.139. The van der Waals surface area contributed by atoms with E-state index in [-0.39, 0.29) is 33.4 Å². The molecule has 0 bridgehead atoms. The number of thioether (sulfide) groups is 1. The van der Waals surface area contributed by atoms with Gasteiger partial charge in [0.25, 0.3) is 5.91 Å². The number of benzene rings is 1. The lowest BCUT2D eigenvalue weighted by Gasteiger charge is -2.10. The van der Waals surface area contributed by atoms with Gasteiger partial charge in [0.15, 0.2) is 4.34 Å². The lowest BCUT2D eigenvalue weighted by Crippen LogP contribution is -2.30. The highest BCUT2D eigenvalue weighted by molar-refractivity contribution is 8.01. The molecule has 0 spiro atoms. The number of nitrogens with one attached hydrogen (secondary N) is 2. The van der Waals surface area contributed by atoms with Crippen molar-refractivity contribution in [1.82, 2.24) is 14.9 Å². The Balaban J connectivity index is 2.04. The first-order valence-corrected chi connectivity index (χ1v) is 11.6. The number of nitrogens with zero attached hydrogens (tertiary/aromatic N) is 2. The molecular weight excluding hydrogens is 424 g/mol. The predicted octanol–water partition coefficient (Wildman–Crippen LogP) is 2.13. The largest absolute Gasteiger partial charge is 0.465 e. The Labute approximate surface area is 171 Å². The average Bonchev–Trinajstić information content (AvgIpc) is 3.07. The van der Waals surface area contributed by atoms with Crippen LogP contribution < -0.4 is 10.0 Å². The van der Waals surface area contributed by atoms with Crippen LogP contribution in [0.2, 0.25) is 0 Å². The van der Waals surface area contributed by atoms with E-state index in [1.54, 1.807) is 20.8 Å². The minimum Gasteiger partial charge on any atom is -0.465 e. The van der Waals surface area contributed by atoms with Crippen LogP contribution in [0.1, 0.15) is 31.1 Å². The number of rotatable bonds is 9. The van der Waals surface area contributed by atoms with Crippen molar-refractivity contribution in [2.45, 2.75) is 36.0 Å². The second kappa shape index (κ2) is 9.96. The molecule has 1 amide bonds. The molecule has 0 aliphatic carbocycles. The van der Waals surface area contributed by atoms with E-state index >= 15 is 0 Å². The molecule has 0 radical (unpaired) electrons. The molecule has 0 aliphatic rings. The number of carbonyl (C=O) groups is 2. The molecule has 0 atom stereocenters. The summed E-state index contributed by atoms with van der Waals surface area (Å²) in [4.78, 5) is 23.8. The number of esters is 1. The van der Waals surface area contributed by atoms with Crippen molar-refractivity contribution >= 4 is 50.1 Å². The normalized spacial score (nSPS) is 11.4. The molecule has 0 unspecified atom stereocenters. The van der Waals surface area contributed by atoms with Crippen molar-refractivity contribution in [3.63, 3.8) is 0 Å². The fourth-order valence-corrected chi connectivity index (χ4v) is 4.84. The number of anilines is 1. The lowest BCUT2D eigenvalue weighted by atomic mass is 10.2. The zero-order chi connectivity index (χ0) is 20.7. The summed E-state index contributed by atoms with van der Waals surface area (Å²) in [6.45, 7) is 5.45. The second-order valence-electron chi connectivity index (χ2n) is 5.72. The van der Waals surface area contributed by atoms with Crippen LogP contribution in [0.25, 0.3) is 0 Å². The third-order valence-electron chi connectivity index (χ3n) is 3.04. The zero-order valence-corrected chi connectivity index (χ0v) is 17.9. The standard InChI is InChI=1S/C16H20N4O5S3/c1-4-25-13(21)9-26-16-19-18-15(27-16)17-14(22)11-6-5-7-12(8-11)28(23,24)20-10(2)3/h5-8,10,20H,4,9H2,1-3H3,(H,17,18,22). The predicted molar refractivity (Wildman–Crippen MR) is 107 cm³/mol. The van der Waals surface area contributed by atoms with Crippen LogP contribution in [-0.2, 0) is 19.6 Å². The Morgan fingerprint density at radius 1 is 1.29 bits per heavy atom.